The van der Waals surface area contributed by atoms with Crippen molar-refractivity contribution in [1.29, 1.82) is 0 Å². The van der Waals surface area contributed by atoms with Crippen molar-refractivity contribution in [3.63, 3.8) is 0 Å². The Labute approximate surface area is 176 Å². The molecule has 5 nitrogen and oxygen atoms in total. The normalized spacial score (nSPS) is 16.3. The van der Waals surface area contributed by atoms with Crippen LogP contribution in [0, 0.1) is 11.7 Å². The second kappa shape index (κ2) is 11.8. The number of benzene rings is 1. The van der Waals surface area contributed by atoms with Gasteiger partial charge in [0.15, 0.2) is 5.17 Å². The van der Waals surface area contributed by atoms with Gasteiger partial charge in [0, 0.05) is 13.1 Å². The van der Waals surface area contributed by atoms with Gasteiger partial charge in [-0.05, 0) is 43.0 Å². The van der Waals surface area contributed by atoms with Crippen molar-refractivity contribution in [2.24, 2.45) is 10.9 Å². The van der Waals surface area contributed by atoms with Gasteiger partial charge in [-0.1, -0.05) is 57.0 Å². The van der Waals surface area contributed by atoms with E-state index in [1.165, 1.54) is 30.3 Å². The molecule has 1 heterocycles. The Morgan fingerprint density at radius 3 is 2.79 bits per heavy atom. The number of halogens is 1. The first-order chi connectivity index (χ1) is 14.0. The highest BCUT2D eigenvalue weighted by atomic mass is 32.2. The van der Waals surface area contributed by atoms with Gasteiger partial charge in [0.1, 0.15) is 11.5 Å². The van der Waals surface area contributed by atoms with Gasteiger partial charge in [0.2, 0.25) is 5.91 Å². The average Bonchev–Trinajstić information content (AvgIpc) is 3.01. The maximum atomic E-state index is 13.4. The number of amidine groups is 1. The molecule has 1 aromatic carbocycles. The smallest absolute Gasteiger partial charge is 0.278 e. The molecule has 0 bridgehead atoms. The Kier molecular flexibility index (Phi) is 9.38. The topological polar surface area (TPSA) is 61.8 Å². The van der Waals surface area contributed by atoms with Crippen molar-refractivity contribution in [2.75, 3.05) is 18.8 Å². The number of amides is 2. The molecule has 0 saturated carbocycles. The molecule has 0 aromatic heterocycles. The number of unbranched alkanes of at least 4 members (excludes halogenated alkanes) is 1. The lowest BCUT2D eigenvalue weighted by Gasteiger charge is -2.16. The summed E-state index contributed by atoms with van der Waals surface area (Å²) in [6.07, 6.45) is 6.08. The highest BCUT2D eigenvalue weighted by Crippen LogP contribution is 2.24. The highest BCUT2D eigenvalue weighted by Gasteiger charge is 2.29. The number of likely N-dealkylation sites (N-methyl/N-ethyl adjacent to an activating group) is 1. The molecule has 1 unspecified atom stereocenters. The molecule has 1 N–H and O–H groups in total. The number of carbonyl (C=O) groups excluding carboxylic acids is 2. The molecule has 2 amide bonds. The largest absolute Gasteiger partial charge is 0.355 e. The van der Waals surface area contributed by atoms with Gasteiger partial charge in [-0.15, -0.1) is 0 Å². The van der Waals surface area contributed by atoms with Gasteiger partial charge in [-0.25, -0.2) is 9.38 Å². The van der Waals surface area contributed by atoms with Crippen LogP contribution in [0.1, 0.15) is 52.0 Å². The molecule has 0 spiro atoms. The summed E-state index contributed by atoms with van der Waals surface area (Å²) >= 11 is 1.25. The summed E-state index contributed by atoms with van der Waals surface area (Å²) < 4.78 is 13.4. The van der Waals surface area contributed by atoms with Crippen molar-refractivity contribution in [3.05, 3.63) is 41.3 Å². The molecule has 0 fully saturated rings. The molecule has 0 saturated heterocycles. The van der Waals surface area contributed by atoms with Gasteiger partial charge < -0.3 is 5.32 Å². The van der Waals surface area contributed by atoms with Gasteiger partial charge in [-0.3, -0.25) is 14.5 Å². The van der Waals surface area contributed by atoms with Crippen LogP contribution in [0.15, 0.2) is 35.0 Å². The Hall–Kier alpha value is -2.15. The minimum Gasteiger partial charge on any atom is -0.355 e. The minimum atomic E-state index is -0.364. The van der Waals surface area contributed by atoms with Crippen molar-refractivity contribution in [3.8, 4) is 0 Å². The van der Waals surface area contributed by atoms with Crippen molar-refractivity contribution in [2.45, 2.75) is 46.5 Å². The van der Waals surface area contributed by atoms with E-state index in [4.69, 9.17) is 0 Å². The third kappa shape index (κ3) is 6.99. The minimum absolute atomic E-state index is 0.0567. The Morgan fingerprint density at radius 2 is 2.14 bits per heavy atom. The number of nitrogens with zero attached hydrogens (tertiary/aromatic N) is 2. The fourth-order valence-electron chi connectivity index (χ4n) is 3.06. The lowest BCUT2D eigenvalue weighted by atomic mass is 9.99. The SMILES string of the molecule is CCCCC(CC)CNC(=O)CSC1=N/C(=C/c2cccc(F)c2)C(=O)N1CC. The van der Waals surface area contributed by atoms with Crippen LogP contribution in [0.2, 0.25) is 0 Å². The first-order valence-electron chi connectivity index (χ1n) is 10.3. The fraction of sp³-hybridized carbons (Fsp3) is 0.500. The number of thioether (sulfide) groups is 1. The van der Waals surface area contributed by atoms with Gasteiger partial charge in [0.05, 0.1) is 5.75 Å². The predicted octanol–water partition coefficient (Wildman–Crippen LogP) is 4.45. The lowest BCUT2D eigenvalue weighted by Crippen LogP contribution is -2.33. The second-order valence-corrected chi connectivity index (χ2v) is 7.98. The zero-order valence-corrected chi connectivity index (χ0v) is 18.2. The van der Waals surface area contributed by atoms with Crippen LogP contribution in [0.4, 0.5) is 4.39 Å². The summed E-state index contributed by atoms with van der Waals surface area (Å²) in [7, 11) is 0. The van der Waals surface area contributed by atoms with Crippen LogP contribution < -0.4 is 5.32 Å². The zero-order valence-electron chi connectivity index (χ0n) is 17.4. The maximum absolute atomic E-state index is 13.4. The molecule has 0 radical (unpaired) electrons. The summed E-state index contributed by atoms with van der Waals surface area (Å²) in [5.74, 6) is 0.0584. The van der Waals surface area contributed by atoms with Crippen LogP contribution >= 0.6 is 11.8 Å². The van der Waals surface area contributed by atoms with E-state index in [1.807, 2.05) is 6.92 Å². The van der Waals surface area contributed by atoms with Crippen molar-refractivity contribution in [1.82, 2.24) is 10.2 Å². The molecular formula is C22H30FN3O2S. The molecule has 2 rings (SSSR count). The van der Waals surface area contributed by atoms with Crippen LogP contribution in [0.5, 0.6) is 0 Å². The number of hydrogen-bond donors (Lipinski definition) is 1. The number of carbonyl (C=O) groups is 2. The van der Waals surface area contributed by atoms with Gasteiger partial charge in [-0.2, -0.15) is 0 Å². The molecule has 1 atom stereocenters. The molecule has 0 aliphatic carbocycles. The number of nitrogens with one attached hydrogen (secondary N) is 1. The van der Waals surface area contributed by atoms with Crippen LogP contribution in [-0.2, 0) is 9.59 Å². The predicted molar refractivity (Wildman–Crippen MR) is 118 cm³/mol. The third-order valence-corrected chi connectivity index (χ3v) is 5.82. The van der Waals surface area contributed by atoms with Gasteiger partial charge >= 0.3 is 0 Å². The molecule has 29 heavy (non-hydrogen) atoms. The van der Waals surface area contributed by atoms with E-state index in [0.29, 0.717) is 29.7 Å². The van der Waals surface area contributed by atoms with E-state index in [1.54, 1.807) is 23.1 Å². The highest BCUT2D eigenvalue weighted by molar-refractivity contribution is 8.14. The van der Waals surface area contributed by atoms with Crippen LogP contribution in [0.3, 0.4) is 0 Å². The Morgan fingerprint density at radius 1 is 1.34 bits per heavy atom. The summed E-state index contributed by atoms with van der Waals surface area (Å²) in [6, 6.07) is 6.02. The number of hydrogen-bond acceptors (Lipinski definition) is 4. The number of aliphatic imine (C=N–C) groups is 1. The summed E-state index contributed by atoms with van der Waals surface area (Å²) in [5, 5.41) is 3.50. The molecule has 7 heteroatoms. The first-order valence-corrected chi connectivity index (χ1v) is 11.2. The second-order valence-electron chi connectivity index (χ2n) is 7.04. The molecule has 1 aliphatic rings. The van der Waals surface area contributed by atoms with E-state index >= 15 is 0 Å². The first kappa shape index (κ1) is 23.1. The maximum Gasteiger partial charge on any atom is 0.278 e. The monoisotopic (exact) mass is 419 g/mol. The summed E-state index contributed by atoms with van der Waals surface area (Å²) in [6.45, 7) is 7.32. The van der Waals surface area contributed by atoms with Crippen molar-refractivity contribution >= 4 is 34.8 Å². The average molecular weight is 420 g/mol. The molecular weight excluding hydrogens is 389 g/mol. The quantitative estimate of drug-likeness (QED) is 0.570. The van der Waals surface area contributed by atoms with Crippen molar-refractivity contribution < 1.29 is 14.0 Å². The Bertz CT molecular complexity index is 779. The van der Waals surface area contributed by atoms with E-state index in [-0.39, 0.29) is 29.1 Å². The van der Waals surface area contributed by atoms with E-state index < -0.39 is 0 Å². The molecule has 158 valence electrons. The van der Waals surface area contributed by atoms with E-state index in [0.717, 1.165) is 19.3 Å². The Balaban J connectivity index is 1.96. The summed E-state index contributed by atoms with van der Waals surface area (Å²) in [4.78, 5) is 30.7. The van der Waals surface area contributed by atoms with Crippen LogP contribution in [-0.4, -0.2) is 40.7 Å². The van der Waals surface area contributed by atoms with Crippen LogP contribution in [0.25, 0.3) is 6.08 Å². The third-order valence-electron chi connectivity index (χ3n) is 4.84. The standard InChI is InChI=1S/C22H30FN3O2S/c1-4-7-9-16(5-2)14-24-20(27)15-29-22-25-19(21(28)26(22)6-3)13-17-10-8-11-18(23)12-17/h8,10-13,16H,4-7,9,14-15H2,1-3H3,(H,24,27)/b19-13+. The van der Waals surface area contributed by atoms with E-state index in [9.17, 15) is 14.0 Å². The fourth-order valence-corrected chi connectivity index (χ4v) is 3.95. The molecule has 1 aromatic rings. The van der Waals surface area contributed by atoms with Gasteiger partial charge in [0.25, 0.3) is 5.91 Å². The number of rotatable bonds is 10. The van der Waals surface area contributed by atoms with E-state index in [2.05, 4.69) is 24.2 Å². The molecule has 1 aliphatic heterocycles. The lowest BCUT2D eigenvalue weighted by molar-refractivity contribution is -0.122. The summed E-state index contributed by atoms with van der Waals surface area (Å²) in [5.41, 5.74) is 0.834. The zero-order chi connectivity index (χ0) is 21.2.